The van der Waals surface area contributed by atoms with E-state index in [0.717, 1.165) is 25.1 Å². The lowest BCUT2D eigenvalue weighted by Crippen LogP contribution is -2.20. The first-order chi connectivity index (χ1) is 8.66. The van der Waals surface area contributed by atoms with Crippen molar-refractivity contribution in [3.63, 3.8) is 0 Å². The predicted molar refractivity (Wildman–Crippen MR) is 76.0 cm³/mol. The molecule has 18 heavy (non-hydrogen) atoms. The molecule has 1 aromatic carbocycles. The highest BCUT2D eigenvalue weighted by Crippen LogP contribution is 2.21. The molecule has 0 atom stereocenters. The van der Waals surface area contributed by atoms with E-state index in [-0.39, 0.29) is 0 Å². The minimum Gasteiger partial charge on any atom is -0.397 e. The maximum absolute atomic E-state index is 5.94. The van der Waals surface area contributed by atoms with E-state index in [2.05, 4.69) is 23.5 Å². The largest absolute Gasteiger partial charge is 0.397 e. The van der Waals surface area contributed by atoms with Crippen LogP contribution in [0.25, 0.3) is 11.3 Å². The lowest BCUT2D eigenvalue weighted by atomic mass is 9.99. The van der Waals surface area contributed by atoms with Crippen LogP contribution in [0.2, 0.25) is 0 Å². The molecule has 0 saturated heterocycles. The molecule has 96 valence electrons. The molecule has 0 saturated carbocycles. The van der Waals surface area contributed by atoms with Gasteiger partial charge in [0, 0.05) is 19.8 Å². The zero-order valence-corrected chi connectivity index (χ0v) is 10.7. The molecule has 1 heterocycles. The van der Waals surface area contributed by atoms with Crippen LogP contribution in [-0.2, 0) is 0 Å². The molecule has 4 heteroatoms. The van der Waals surface area contributed by atoms with Crippen molar-refractivity contribution in [3.8, 4) is 0 Å². The Labute approximate surface area is 108 Å². The van der Waals surface area contributed by atoms with Crippen molar-refractivity contribution >= 4 is 11.3 Å². The van der Waals surface area contributed by atoms with Gasteiger partial charge in [-0.3, -0.25) is 0 Å². The van der Waals surface area contributed by atoms with E-state index in [1.807, 2.05) is 12.1 Å². The van der Waals surface area contributed by atoms with Crippen molar-refractivity contribution in [1.82, 2.24) is 10.3 Å². The van der Waals surface area contributed by atoms with Gasteiger partial charge in [-0.05, 0) is 29.7 Å². The average Bonchev–Trinajstić information content (AvgIpc) is 2.39. The molecule has 0 aliphatic carbocycles. The van der Waals surface area contributed by atoms with Crippen LogP contribution in [0.4, 0.5) is 0 Å². The van der Waals surface area contributed by atoms with Crippen molar-refractivity contribution in [1.29, 1.82) is 0 Å². The summed E-state index contributed by atoms with van der Waals surface area (Å²) in [4.78, 5) is 0. The average molecular weight is 244 g/mol. The molecule has 0 bridgehead atoms. The van der Waals surface area contributed by atoms with E-state index >= 15 is 0 Å². The van der Waals surface area contributed by atoms with Crippen LogP contribution >= 0.6 is 0 Å². The van der Waals surface area contributed by atoms with Crippen molar-refractivity contribution in [2.24, 2.45) is 11.6 Å². The Bertz CT molecular complexity index is 457. The van der Waals surface area contributed by atoms with Gasteiger partial charge in [0.05, 0.1) is 5.70 Å². The van der Waals surface area contributed by atoms with E-state index in [4.69, 9.17) is 11.6 Å². The smallest absolute Gasteiger partial charge is 0.0564 e. The zero-order valence-electron chi connectivity index (χ0n) is 10.7. The van der Waals surface area contributed by atoms with E-state index < -0.39 is 0 Å². The van der Waals surface area contributed by atoms with Crippen LogP contribution in [0.5, 0.6) is 0 Å². The SMILES string of the molecule is CN(N)/C=C(\N)c1ccc(C2=CCNCC2)cc1. The second-order valence-electron chi connectivity index (χ2n) is 4.51. The molecule has 5 N–H and O–H groups in total. The Balaban J connectivity index is 2.17. The third-order valence-electron chi connectivity index (χ3n) is 3.00. The summed E-state index contributed by atoms with van der Waals surface area (Å²) in [6.07, 6.45) is 5.03. The molecule has 1 aliphatic heterocycles. The number of hydrogen-bond donors (Lipinski definition) is 3. The second kappa shape index (κ2) is 5.71. The molecule has 4 nitrogen and oxygen atoms in total. The Morgan fingerprint density at radius 2 is 2.06 bits per heavy atom. The molecule has 0 spiro atoms. The monoisotopic (exact) mass is 244 g/mol. The molecule has 1 aliphatic rings. The van der Waals surface area contributed by atoms with Crippen LogP contribution in [0.1, 0.15) is 17.5 Å². The van der Waals surface area contributed by atoms with E-state index in [1.165, 1.54) is 16.1 Å². The lowest BCUT2D eigenvalue weighted by Gasteiger charge is -2.15. The minimum atomic E-state index is 0.672. The summed E-state index contributed by atoms with van der Waals surface area (Å²) in [6, 6.07) is 8.30. The second-order valence-corrected chi connectivity index (χ2v) is 4.51. The number of benzene rings is 1. The fourth-order valence-corrected chi connectivity index (χ4v) is 2.06. The summed E-state index contributed by atoms with van der Waals surface area (Å²) in [7, 11) is 1.75. The van der Waals surface area contributed by atoms with Gasteiger partial charge >= 0.3 is 0 Å². The normalized spacial score (nSPS) is 16.3. The summed E-state index contributed by atoms with van der Waals surface area (Å²) in [6.45, 7) is 2.00. The first kappa shape index (κ1) is 12.7. The molecule has 0 fully saturated rings. The first-order valence-electron chi connectivity index (χ1n) is 6.12. The van der Waals surface area contributed by atoms with Gasteiger partial charge in [-0.1, -0.05) is 30.3 Å². The number of nitrogens with two attached hydrogens (primary N) is 2. The van der Waals surface area contributed by atoms with Crippen LogP contribution in [0.15, 0.2) is 36.5 Å². The number of hydrazine groups is 1. The Hall–Kier alpha value is -1.78. The molecule has 0 radical (unpaired) electrons. The topological polar surface area (TPSA) is 67.3 Å². The molecule has 0 unspecified atom stereocenters. The van der Waals surface area contributed by atoms with Gasteiger partial charge in [-0.2, -0.15) is 0 Å². The van der Waals surface area contributed by atoms with Crippen molar-refractivity contribution in [2.75, 3.05) is 20.1 Å². The van der Waals surface area contributed by atoms with Crippen LogP contribution in [0.3, 0.4) is 0 Å². The highest BCUT2D eigenvalue weighted by molar-refractivity contribution is 5.70. The van der Waals surface area contributed by atoms with Gasteiger partial charge in [0.15, 0.2) is 0 Å². The third-order valence-corrected chi connectivity index (χ3v) is 3.00. The summed E-state index contributed by atoms with van der Waals surface area (Å²) in [5, 5.41) is 4.77. The molecule has 0 aromatic heterocycles. The van der Waals surface area contributed by atoms with E-state index in [1.54, 1.807) is 13.2 Å². The summed E-state index contributed by atoms with van der Waals surface area (Å²) in [5.74, 6) is 5.54. The molecule has 0 amide bonds. The highest BCUT2D eigenvalue weighted by Gasteiger charge is 2.06. The predicted octanol–water partition coefficient (Wildman–Crippen LogP) is 1.13. The lowest BCUT2D eigenvalue weighted by molar-refractivity contribution is 0.486. The number of hydrogen-bond acceptors (Lipinski definition) is 4. The quantitative estimate of drug-likeness (QED) is 0.551. The van der Waals surface area contributed by atoms with Gasteiger partial charge in [0.2, 0.25) is 0 Å². The van der Waals surface area contributed by atoms with Gasteiger partial charge in [-0.15, -0.1) is 0 Å². The maximum Gasteiger partial charge on any atom is 0.0564 e. The zero-order chi connectivity index (χ0) is 13.0. The molecular weight excluding hydrogens is 224 g/mol. The van der Waals surface area contributed by atoms with Crippen LogP contribution < -0.4 is 16.9 Å². The Morgan fingerprint density at radius 1 is 1.33 bits per heavy atom. The van der Waals surface area contributed by atoms with Crippen molar-refractivity contribution < 1.29 is 0 Å². The standard InChI is InChI=1S/C14H20N4/c1-18(16)10-14(15)13-4-2-11(3-5-13)12-6-8-17-9-7-12/h2-6,10,17H,7-9,15-16H2,1H3/b14-10-. The fourth-order valence-electron chi connectivity index (χ4n) is 2.06. The number of rotatable bonds is 3. The van der Waals surface area contributed by atoms with Crippen molar-refractivity contribution in [2.45, 2.75) is 6.42 Å². The van der Waals surface area contributed by atoms with Gasteiger partial charge in [0.25, 0.3) is 0 Å². The summed E-state index contributed by atoms with van der Waals surface area (Å²) >= 11 is 0. The molecular formula is C14H20N4. The first-order valence-corrected chi connectivity index (χ1v) is 6.12. The van der Waals surface area contributed by atoms with Gasteiger partial charge < -0.3 is 16.1 Å². The minimum absolute atomic E-state index is 0.672. The van der Waals surface area contributed by atoms with Crippen molar-refractivity contribution in [3.05, 3.63) is 47.7 Å². The Kier molecular flexibility index (Phi) is 4.02. The molecule has 2 rings (SSSR count). The number of nitrogens with one attached hydrogen (secondary N) is 1. The third kappa shape index (κ3) is 3.12. The molecule has 1 aromatic rings. The van der Waals surface area contributed by atoms with E-state index in [0.29, 0.717) is 5.70 Å². The summed E-state index contributed by atoms with van der Waals surface area (Å²) in [5.41, 5.74) is 10.3. The number of nitrogens with zero attached hydrogens (tertiary/aromatic N) is 1. The van der Waals surface area contributed by atoms with E-state index in [9.17, 15) is 0 Å². The van der Waals surface area contributed by atoms with Gasteiger partial charge in [-0.25, -0.2) is 5.84 Å². The van der Waals surface area contributed by atoms with Crippen LogP contribution in [0, 0.1) is 0 Å². The van der Waals surface area contributed by atoms with Gasteiger partial charge in [0.1, 0.15) is 0 Å². The Morgan fingerprint density at radius 3 is 2.61 bits per heavy atom. The highest BCUT2D eigenvalue weighted by atomic mass is 15.4. The summed E-state index contributed by atoms with van der Waals surface area (Å²) < 4.78 is 0. The van der Waals surface area contributed by atoms with Crippen LogP contribution in [-0.4, -0.2) is 25.1 Å². The fraction of sp³-hybridized carbons (Fsp3) is 0.286. The maximum atomic E-state index is 5.94.